The summed E-state index contributed by atoms with van der Waals surface area (Å²) in [7, 11) is 0. The molecule has 5 heteroatoms. The van der Waals surface area contributed by atoms with E-state index >= 15 is 0 Å². The number of rotatable bonds is 2. The van der Waals surface area contributed by atoms with Gasteiger partial charge >= 0.3 is 0 Å². The number of carbonyl (C=O) groups is 1. The minimum absolute atomic E-state index is 0.0904. The van der Waals surface area contributed by atoms with E-state index in [-0.39, 0.29) is 11.9 Å². The van der Waals surface area contributed by atoms with Gasteiger partial charge in [-0.2, -0.15) is 0 Å². The Morgan fingerprint density at radius 3 is 2.95 bits per heavy atom. The van der Waals surface area contributed by atoms with Crippen LogP contribution >= 0.6 is 11.6 Å². The third kappa shape index (κ3) is 2.52. The maximum atomic E-state index is 12.8. The number of fused-ring (bicyclic) bond motifs is 1. The Morgan fingerprint density at radius 1 is 1.38 bits per heavy atom. The summed E-state index contributed by atoms with van der Waals surface area (Å²) >= 11 is 6.09. The van der Waals surface area contributed by atoms with Crippen LogP contribution in [0.4, 0.5) is 0 Å². The molecule has 0 spiro atoms. The molecule has 2 N–H and O–H groups in total. The van der Waals surface area contributed by atoms with Crippen LogP contribution in [0.15, 0.2) is 42.7 Å². The molecular formula is C16H16ClN3O. The molecule has 1 atom stereocenters. The third-order valence-electron chi connectivity index (χ3n) is 3.90. The Bertz CT molecular complexity index is 674. The van der Waals surface area contributed by atoms with Crippen LogP contribution in [0.1, 0.15) is 27.5 Å². The predicted octanol–water partition coefficient (Wildman–Crippen LogP) is 2.43. The van der Waals surface area contributed by atoms with Crippen molar-refractivity contribution in [2.75, 3.05) is 13.1 Å². The molecule has 0 fully saturated rings. The van der Waals surface area contributed by atoms with Gasteiger partial charge in [-0.15, -0.1) is 0 Å². The number of nitrogens with zero attached hydrogens (tertiary/aromatic N) is 2. The fourth-order valence-corrected chi connectivity index (χ4v) is 3.05. The summed E-state index contributed by atoms with van der Waals surface area (Å²) in [5, 5.41) is 0.372. The molecule has 21 heavy (non-hydrogen) atoms. The molecule has 1 aliphatic heterocycles. The van der Waals surface area contributed by atoms with E-state index in [0.717, 1.165) is 12.0 Å². The Kier molecular flexibility index (Phi) is 3.90. The van der Waals surface area contributed by atoms with Gasteiger partial charge in [0.2, 0.25) is 0 Å². The van der Waals surface area contributed by atoms with Crippen molar-refractivity contribution < 1.29 is 4.79 Å². The van der Waals surface area contributed by atoms with Gasteiger partial charge in [0.15, 0.2) is 0 Å². The Labute approximate surface area is 128 Å². The number of halogens is 1. The van der Waals surface area contributed by atoms with E-state index < -0.39 is 0 Å². The lowest BCUT2D eigenvalue weighted by Crippen LogP contribution is -2.43. The second-order valence-electron chi connectivity index (χ2n) is 5.05. The highest BCUT2D eigenvalue weighted by molar-refractivity contribution is 6.33. The summed E-state index contributed by atoms with van der Waals surface area (Å²) in [6.45, 7) is 1.04. The van der Waals surface area contributed by atoms with Crippen LogP contribution < -0.4 is 5.73 Å². The van der Waals surface area contributed by atoms with Gasteiger partial charge in [-0.25, -0.2) is 0 Å². The van der Waals surface area contributed by atoms with Gasteiger partial charge in [-0.3, -0.25) is 9.78 Å². The highest BCUT2D eigenvalue weighted by atomic mass is 35.5. The van der Waals surface area contributed by atoms with Crippen LogP contribution in [0.5, 0.6) is 0 Å². The molecule has 3 rings (SSSR count). The van der Waals surface area contributed by atoms with Gasteiger partial charge in [-0.1, -0.05) is 35.9 Å². The molecule has 1 aliphatic rings. The van der Waals surface area contributed by atoms with Crippen molar-refractivity contribution in [2.45, 2.75) is 12.5 Å². The maximum Gasteiger partial charge on any atom is 0.256 e. The van der Waals surface area contributed by atoms with Crippen molar-refractivity contribution in [3.63, 3.8) is 0 Å². The molecular weight excluding hydrogens is 286 g/mol. The second kappa shape index (κ2) is 5.84. The number of aromatic nitrogens is 1. The van der Waals surface area contributed by atoms with E-state index in [0.29, 0.717) is 23.7 Å². The van der Waals surface area contributed by atoms with Crippen molar-refractivity contribution in [1.29, 1.82) is 0 Å². The SMILES string of the molecule is NCC1c2ccccc2CCN1C(=O)c1ccncc1Cl. The minimum Gasteiger partial charge on any atom is -0.330 e. The zero-order chi connectivity index (χ0) is 14.8. The topological polar surface area (TPSA) is 59.2 Å². The van der Waals surface area contributed by atoms with Crippen LogP contribution in [0.3, 0.4) is 0 Å². The number of benzene rings is 1. The standard InChI is InChI=1S/C16H16ClN3O/c17-14-10-19-7-5-13(14)16(21)20-8-6-11-3-1-2-4-12(11)15(20)9-18/h1-5,7,10,15H,6,8-9,18H2. The van der Waals surface area contributed by atoms with Gasteiger partial charge in [0.05, 0.1) is 16.6 Å². The van der Waals surface area contributed by atoms with Gasteiger partial charge in [0, 0.05) is 25.5 Å². The molecule has 2 aromatic rings. The summed E-state index contributed by atoms with van der Waals surface area (Å²) in [6, 6.07) is 9.68. The quantitative estimate of drug-likeness (QED) is 0.927. The van der Waals surface area contributed by atoms with Gasteiger partial charge in [-0.05, 0) is 23.6 Å². The molecule has 0 radical (unpaired) electrons. The molecule has 1 amide bonds. The highest BCUT2D eigenvalue weighted by Gasteiger charge is 2.30. The number of amides is 1. The van der Waals surface area contributed by atoms with Gasteiger partial charge < -0.3 is 10.6 Å². The van der Waals surface area contributed by atoms with E-state index in [4.69, 9.17) is 17.3 Å². The number of nitrogens with two attached hydrogens (primary N) is 1. The van der Waals surface area contributed by atoms with E-state index in [9.17, 15) is 4.79 Å². The first-order valence-corrected chi connectivity index (χ1v) is 7.28. The van der Waals surface area contributed by atoms with E-state index in [1.165, 1.54) is 11.8 Å². The molecule has 0 aliphatic carbocycles. The van der Waals surface area contributed by atoms with Crippen molar-refractivity contribution in [3.05, 3.63) is 64.4 Å². The number of hydrogen-bond donors (Lipinski definition) is 1. The molecule has 0 bridgehead atoms. The first-order chi connectivity index (χ1) is 10.2. The summed E-state index contributed by atoms with van der Waals surface area (Å²) in [5.41, 5.74) is 8.79. The third-order valence-corrected chi connectivity index (χ3v) is 4.20. The fourth-order valence-electron chi connectivity index (χ4n) is 2.85. The molecule has 108 valence electrons. The summed E-state index contributed by atoms with van der Waals surface area (Å²) in [4.78, 5) is 18.5. The lowest BCUT2D eigenvalue weighted by Gasteiger charge is -2.37. The summed E-state index contributed by atoms with van der Waals surface area (Å²) in [5.74, 6) is -0.0904. The van der Waals surface area contributed by atoms with Crippen LogP contribution in [0.25, 0.3) is 0 Å². The van der Waals surface area contributed by atoms with Crippen LogP contribution in [-0.4, -0.2) is 28.9 Å². The van der Waals surface area contributed by atoms with E-state index in [2.05, 4.69) is 11.1 Å². The van der Waals surface area contributed by atoms with E-state index in [1.807, 2.05) is 23.1 Å². The predicted molar refractivity (Wildman–Crippen MR) is 82.2 cm³/mol. The Balaban J connectivity index is 1.96. The monoisotopic (exact) mass is 301 g/mol. The minimum atomic E-state index is -0.105. The normalized spacial score (nSPS) is 17.4. The van der Waals surface area contributed by atoms with Crippen LogP contribution in [-0.2, 0) is 6.42 Å². The first-order valence-electron chi connectivity index (χ1n) is 6.90. The maximum absolute atomic E-state index is 12.8. The fraction of sp³-hybridized carbons (Fsp3) is 0.250. The van der Waals surface area contributed by atoms with Crippen LogP contribution in [0, 0.1) is 0 Å². The van der Waals surface area contributed by atoms with Gasteiger partial charge in [0.25, 0.3) is 5.91 Å². The molecule has 1 unspecified atom stereocenters. The Hall–Kier alpha value is -1.91. The zero-order valence-corrected chi connectivity index (χ0v) is 12.3. The molecule has 0 saturated carbocycles. The number of hydrogen-bond acceptors (Lipinski definition) is 3. The molecule has 2 heterocycles. The van der Waals surface area contributed by atoms with Crippen LogP contribution in [0.2, 0.25) is 5.02 Å². The average Bonchev–Trinajstić information content (AvgIpc) is 2.53. The van der Waals surface area contributed by atoms with Crippen molar-refractivity contribution in [1.82, 2.24) is 9.88 Å². The largest absolute Gasteiger partial charge is 0.330 e. The van der Waals surface area contributed by atoms with Gasteiger partial charge in [0.1, 0.15) is 0 Å². The summed E-state index contributed by atoms with van der Waals surface area (Å²) in [6.07, 6.45) is 3.90. The van der Waals surface area contributed by atoms with Crippen molar-refractivity contribution in [3.8, 4) is 0 Å². The average molecular weight is 302 g/mol. The van der Waals surface area contributed by atoms with Crippen molar-refractivity contribution in [2.24, 2.45) is 5.73 Å². The lowest BCUT2D eigenvalue weighted by atomic mass is 9.92. The highest BCUT2D eigenvalue weighted by Crippen LogP contribution is 2.31. The molecule has 1 aromatic carbocycles. The number of pyridine rings is 1. The van der Waals surface area contributed by atoms with Crippen molar-refractivity contribution >= 4 is 17.5 Å². The zero-order valence-electron chi connectivity index (χ0n) is 11.5. The molecule has 4 nitrogen and oxygen atoms in total. The summed E-state index contributed by atoms with van der Waals surface area (Å²) < 4.78 is 0. The Morgan fingerprint density at radius 2 is 2.19 bits per heavy atom. The number of carbonyl (C=O) groups excluding carboxylic acids is 1. The first kappa shape index (κ1) is 14.0. The molecule has 1 aromatic heterocycles. The second-order valence-corrected chi connectivity index (χ2v) is 5.46. The van der Waals surface area contributed by atoms with E-state index in [1.54, 1.807) is 12.3 Å². The smallest absolute Gasteiger partial charge is 0.256 e. The molecule has 0 saturated heterocycles. The lowest BCUT2D eigenvalue weighted by molar-refractivity contribution is 0.0668.